The second kappa shape index (κ2) is 7.63. The number of ether oxygens (including phenoxy) is 1. The molecule has 1 saturated carbocycles. The summed E-state index contributed by atoms with van der Waals surface area (Å²) < 4.78 is 22.1. The van der Waals surface area contributed by atoms with E-state index in [4.69, 9.17) is 4.74 Å². The third-order valence-electron chi connectivity index (χ3n) is 6.45. The van der Waals surface area contributed by atoms with Crippen molar-refractivity contribution in [2.45, 2.75) is 37.6 Å². The molecule has 166 valence electrons. The molecule has 0 radical (unpaired) electrons. The van der Waals surface area contributed by atoms with Crippen LogP contribution >= 0.6 is 0 Å². The first-order valence-electron chi connectivity index (χ1n) is 10.5. The summed E-state index contributed by atoms with van der Waals surface area (Å²) in [5, 5.41) is 22.0. The zero-order valence-electron chi connectivity index (χ0n) is 17.7. The Morgan fingerprint density at radius 3 is 2.78 bits per heavy atom. The molecule has 4 atom stereocenters. The third-order valence-corrected chi connectivity index (χ3v) is 6.45. The van der Waals surface area contributed by atoms with E-state index in [0.29, 0.717) is 16.8 Å². The van der Waals surface area contributed by atoms with E-state index in [1.54, 1.807) is 31.3 Å². The molecule has 10 heteroatoms. The molecule has 2 bridgehead atoms. The minimum Gasteiger partial charge on any atom is -0.507 e. The average molecular weight is 438 g/mol. The van der Waals surface area contributed by atoms with Gasteiger partial charge in [0.05, 0.1) is 11.2 Å². The van der Waals surface area contributed by atoms with Crippen molar-refractivity contribution in [1.29, 1.82) is 0 Å². The molecule has 9 nitrogen and oxygen atoms in total. The maximum atomic E-state index is 14.9. The van der Waals surface area contributed by atoms with Crippen LogP contribution in [0.15, 0.2) is 41.5 Å². The number of piperidine rings is 2. The number of aryl methyl sites for hydroxylation is 1. The maximum absolute atomic E-state index is 14.9. The van der Waals surface area contributed by atoms with Gasteiger partial charge in [0.25, 0.3) is 0 Å². The molecule has 3 fully saturated rings. The van der Waals surface area contributed by atoms with Gasteiger partial charge in [0.2, 0.25) is 5.88 Å². The molecule has 3 aliphatic rings. The number of nitrogens with zero attached hydrogens (tertiary/aromatic N) is 5. The second-order valence-electron chi connectivity index (χ2n) is 8.64. The molecule has 1 aromatic carbocycles. The first kappa shape index (κ1) is 20.5. The summed E-state index contributed by atoms with van der Waals surface area (Å²) in [6.45, 7) is 2.62. The number of hydrogen-bond donors (Lipinski definition) is 2. The molecule has 0 spiro atoms. The van der Waals surface area contributed by atoms with Crippen LogP contribution in [0.1, 0.15) is 19.8 Å². The van der Waals surface area contributed by atoms with Crippen LogP contribution in [0, 0.1) is 5.92 Å². The Hall–Kier alpha value is -3.40. The van der Waals surface area contributed by atoms with Gasteiger partial charge < -0.3 is 15.2 Å². The summed E-state index contributed by atoms with van der Waals surface area (Å²) in [5.74, 6) is 0.516. The summed E-state index contributed by atoms with van der Waals surface area (Å²) in [4.78, 5) is 19.7. The summed E-state index contributed by atoms with van der Waals surface area (Å²) >= 11 is 0. The van der Waals surface area contributed by atoms with Crippen LogP contribution in [0.25, 0.3) is 22.6 Å². The van der Waals surface area contributed by atoms with Crippen molar-refractivity contribution in [3.05, 3.63) is 47.1 Å². The number of aromatic nitrogens is 5. The third kappa shape index (κ3) is 3.50. The number of phenols is 1. The first-order valence-corrected chi connectivity index (χ1v) is 10.5. The molecule has 32 heavy (non-hydrogen) atoms. The van der Waals surface area contributed by atoms with Crippen LogP contribution in [0.2, 0.25) is 0 Å². The van der Waals surface area contributed by atoms with Crippen LogP contribution in [0.4, 0.5) is 4.39 Å². The summed E-state index contributed by atoms with van der Waals surface area (Å²) in [5.41, 5.74) is 0.384. The monoisotopic (exact) mass is 438 g/mol. The lowest BCUT2D eigenvalue weighted by atomic mass is 9.70. The van der Waals surface area contributed by atoms with E-state index in [1.807, 2.05) is 6.92 Å². The lowest BCUT2D eigenvalue weighted by Gasteiger charge is -2.51. The number of benzene rings is 1. The molecule has 2 saturated heterocycles. The van der Waals surface area contributed by atoms with Gasteiger partial charge in [0.1, 0.15) is 18.2 Å². The van der Waals surface area contributed by atoms with E-state index in [0.717, 1.165) is 19.4 Å². The zero-order chi connectivity index (χ0) is 22.5. The van der Waals surface area contributed by atoms with Gasteiger partial charge in [0, 0.05) is 36.7 Å². The fourth-order valence-corrected chi connectivity index (χ4v) is 4.39. The SMILES string of the molecule is Cn1cnc(-c2ccc(-c3ccc(O[C@@H]4[C@@H]5CC[C@@](C)(NC5)[C@@H]4F)nn3)c(O)c2)nc1=O. The normalized spacial score (nSPS) is 26.8. The Balaban J connectivity index is 1.35. The van der Waals surface area contributed by atoms with Gasteiger partial charge in [-0.2, -0.15) is 4.98 Å². The Morgan fingerprint density at radius 1 is 1.28 bits per heavy atom. The molecule has 2 aromatic heterocycles. The summed E-state index contributed by atoms with van der Waals surface area (Å²) in [6, 6.07) is 8.11. The van der Waals surface area contributed by atoms with Crippen LogP contribution in [0.5, 0.6) is 11.6 Å². The highest BCUT2D eigenvalue weighted by Gasteiger charge is 2.52. The molecule has 1 aliphatic carbocycles. The summed E-state index contributed by atoms with van der Waals surface area (Å²) in [7, 11) is 1.56. The van der Waals surface area contributed by atoms with Crippen molar-refractivity contribution in [3.63, 3.8) is 0 Å². The molecule has 3 aromatic rings. The Labute approximate surface area is 183 Å². The number of fused-ring (bicyclic) bond motifs is 3. The Morgan fingerprint density at radius 2 is 2.12 bits per heavy atom. The van der Waals surface area contributed by atoms with Crippen molar-refractivity contribution in [2.75, 3.05) is 6.54 Å². The van der Waals surface area contributed by atoms with Gasteiger partial charge in [-0.25, -0.2) is 14.2 Å². The molecule has 2 aliphatic heterocycles. The van der Waals surface area contributed by atoms with Crippen molar-refractivity contribution in [1.82, 2.24) is 30.0 Å². The topological polar surface area (TPSA) is 115 Å². The number of hydrogen-bond acceptors (Lipinski definition) is 8. The van der Waals surface area contributed by atoms with Crippen molar-refractivity contribution >= 4 is 0 Å². The largest absolute Gasteiger partial charge is 0.507 e. The van der Waals surface area contributed by atoms with Crippen LogP contribution in [-0.4, -0.2) is 54.2 Å². The lowest BCUT2D eigenvalue weighted by Crippen LogP contribution is -2.68. The lowest BCUT2D eigenvalue weighted by molar-refractivity contribution is -0.0729. The average Bonchev–Trinajstić information content (AvgIpc) is 2.79. The Kier molecular flexibility index (Phi) is 4.89. The second-order valence-corrected chi connectivity index (χ2v) is 8.64. The summed E-state index contributed by atoms with van der Waals surface area (Å²) in [6.07, 6.45) is 1.40. The van der Waals surface area contributed by atoms with Gasteiger partial charge in [-0.15, -0.1) is 10.2 Å². The van der Waals surface area contributed by atoms with Crippen LogP contribution < -0.4 is 15.7 Å². The molecule has 2 N–H and O–H groups in total. The van der Waals surface area contributed by atoms with E-state index in [1.165, 1.54) is 17.0 Å². The minimum atomic E-state index is -1.12. The predicted octanol–water partition coefficient (Wildman–Crippen LogP) is 1.86. The van der Waals surface area contributed by atoms with Crippen LogP contribution in [-0.2, 0) is 7.05 Å². The van der Waals surface area contributed by atoms with Crippen molar-refractivity contribution in [2.24, 2.45) is 13.0 Å². The molecular formula is C22H23FN6O3. The molecular weight excluding hydrogens is 415 g/mol. The van der Waals surface area contributed by atoms with E-state index in [2.05, 4.69) is 25.5 Å². The minimum absolute atomic E-state index is 0.0536. The van der Waals surface area contributed by atoms with E-state index < -0.39 is 23.5 Å². The van der Waals surface area contributed by atoms with Gasteiger partial charge in [-0.3, -0.25) is 4.57 Å². The Bertz CT molecular complexity index is 1210. The smallest absolute Gasteiger partial charge is 0.350 e. The van der Waals surface area contributed by atoms with Gasteiger partial charge in [-0.05, 0) is 38.0 Å². The molecule has 4 heterocycles. The zero-order valence-corrected chi connectivity index (χ0v) is 17.7. The van der Waals surface area contributed by atoms with Crippen molar-refractivity contribution < 1.29 is 14.2 Å². The highest BCUT2D eigenvalue weighted by Crippen LogP contribution is 2.40. The number of alkyl halides is 1. The number of halogens is 1. The fourth-order valence-electron chi connectivity index (χ4n) is 4.39. The molecule has 0 unspecified atom stereocenters. The number of phenolic OH excluding ortho intramolecular Hbond substituents is 1. The molecule has 0 amide bonds. The first-order chi connectivity index (χ1) is 15.3. The van der Waals surface area contributed by atoms with E-state index >= 15 is 0 Å². The van der Waals surface area contributed by atoms with Gasteiger partial charge in [-0.1, -0.05) is 6.07 Å². The van der Waals surface area contributed by atoms with Gasteiger partial charge in [0.15, 0.2) is 12.0 Å². The number of rotatable bonds is 4. The highest BCUT2D eigenvalue weighted by atomic mass is 19.1. The van der Waals surface area contributed by atoms with E-state index in [9.17, 15) is 14.3 Å². The van der Waals surface area contributed by atoms with Crippen LogP contribution in [0.3, 0.4) is 0 Å². The maximum Gasteiger partial charge on any atom is 0.350 e. The standard InChI is InChI=1S/C22H23FN6O3/c1-22-8-7-13(10-25-22)18(19(22)23)32-17-6-5-15(27-28-17)14-4-3-12(9-16(14)30)20-24-11-29(2)21(31)26-20/h3-6,9,11,13,18-19,25,30H,7-8,10H2,1-2H3/t13-,18-,19-,22-/m1/s1. The fraction of sp³-hybridized carbons (Fsp3) is 0.409. The van der Waals surface area contributed by atoms with Crippen molar-refractivity contribution in [3.8, 4) is 34.3 Å². The molecule has 6 rings (SSSR count). The number of nitrogens with one attached hydrogen (secondary N) is 1. The highest BCUT2D eigenvalue weighted by molar-refractivity contribution is 5.71. The quantitative estimate of drug-likeness (QED) is 0.634. The van der Waals surface area contributed by atoms with Gasteiger partial charge >= 0.3 is 5.69 Å². The number of aromatic hydroxyl groups is 1. The predicted molar refractivity (Wildman–Crippen MR) is 114 cm³/mol. The van der Waals surface area contributed by atoms with E-state index in [-0.39, 0.29) is 23.4 Å².